The Bertz CT molecular complexity index is 1850. The summed E-state index contributed by atoms with van der Waals surface area (Å²) in [6.45, 7) is 2.18. The first-order valence-corrected chi connectivity index (χ1v) is 14.5. The van der Waals surface area contributed by atoms with Gasteiger partial charge in [0.25, 0.3) is 5.56 Å². The second kappa shape index (κ2) is 11.2. The summed E-state index contributed by atoms with van der Waals surface area (Å²) in [4.78, 5) is 19.6. The molecule has 0 N–H and O–H groups in total. The average Bonchev–Trinajstić information content (AvgIpc) is 3.67. The number of benzene rings is 3. The van der Waals surface area contributed by atoms with Crippen LogP contribution >= 0.6 is 23.1 Å². The third-order valence-electron chi connectivity index (χ3n) is 6.07. The lowest BCUT2D eigenvalue weighted by Gasteiger charge is -2.03. The van der Waals surface area contributed by atoms with E-state index in [0.29, 0.717) is 15.3 Å². The molecule has 8 heteroatoms. The fourth-order valence-electron chi connectivity index (χ4n) is 4.15. The van der Waals surface area contributed by atoms with Gasteiger partial charge in [-0.25, -0.2) is 4.68 Å². The van der Waals surface area contributed by atoms with Crippen LogP contribution in [0.4, 0.5) is 0 Å². The van der Waals surface area contributed by atoms with Crippen molar-refractivity contribution in [3.05, 3.63) is 123 Å². The highest BCUT2D eigenvalue weighted by molar-refractivity contribution is 7.99. The summed E-state index contributed by atoms with van der Waals surface area (Å²) >= 11 is 3.18. The Morgan fingerprint density at radius 3 is 2.36 bits per heavy atom. The van der Waals surface area contributed by atoms with Crippen molar-refractivity contribution < 1.29 is 0 Å². The van der Waals surface area contributed by atoms with Crippen LogP contribution in [-0.4, -0.2) is 30.1 Å². The standard InChI is InChI=1S/C31H25N5OS2/c1-2-19-38-26-16-14-23(15-17-26)29-24(21-35(34-29)25-11-7-4-8-12-25)20-27-30(37)36-31(39-27)32-28(33-36)18-13-22-9-5-3-6-10-22/h3-18,20-21H,2,19H2,1H3/b18-13+,27-20-. The van der Waals surface area contributed by atoms with Gasteiger partial charge in [-0.1, -0.05) is 85.0 Å². The molecule has 0 aliphatic carbocycles. The van der Waals surface area contributed by atoms with Crippen LogP contribution in [0.1, 0.15) is 30.3 Å². The lowest BCUT2D eigenvalue weighted by molar-refractivity contribution is 0.884. The van der Waals surface area contributed by atoms with Crippen LogP contribution in [0.2, 0.25) is 0 Å². The monoisotopic (exact) mass is 547 g/mol. The first-order chi connectivity index (χ1) is 19.2. The zero-order valence-electron chi connectivity index (χ0n) is 21.3. The second-order valence-corrected chi connectivity index (χ2v) is 11.1. The van der Waals surface area contributed by atoms with Gasteiger partial charge in [0, 0.05) is 22.2 Å². The molecule has 3 aromatic carbocycles. The molecule has 0 amide bonds. The molecule has 6 nitrogen and oxygen atoms in total. The normalized spacial score (nSPS) is 12.2. The van der Waals surface area contributed by atoms with E-state index in [1.807, 2.05) is 102 Å². The summed E-state index contributed by atoms with van der Waals surface area (Å²) in [7, 11) is 0. The van der Waals surface area contributed by atoms with Crippen molar-refractivity contribution in [2.45, 2.75) is 18.2 Å². The van der Waals surface area contributed by atoms with Crippen LogP contribution in [0.25, 0.3) is 40.1 Å². The molecule has 39 heavy (non-hydrogen) atoms. The van der Waals surface area contributed by atoms with Gasteiger partial charge in [-0.05, 0) is 54.2 Å². The molecule has 192 valence electrons. The van der Waals surface area contributed by atoms with Crippen LogP contribution in [-0.2, 0) is 0 Å². The summed E-state index contributed by atoms with van der Waals surface area (Å²) in [6.07, 6.45) is 8.75. The van der Waals surface area contributed by atoms with E-state index in [9.17, 15) is 4.79 Å². The maximum absolute atomic E-state index is 13.3. The number of thioether (sulfide) groups is 1. The number of para-hydroxylation sites is 1. The maximum atomic E-state index is 13.3. The Kier molecular flexibility index (Phi) is 7.21. The molecule has 0 saturated carbocycles. The van der Waals surface area contributed by atoms with Gasteiger partial charge in [0.15, 0.2) is 5.82 Å². The highest BCUT2D eigenvalue weighted by atomic mass is 32.2. The quantitative estimate of drug-likeness (QED) is 0.212. The molecule has 3 heterocycles. The van der Waals surface area contributed by atoms with Gasteiger partial charge >= 0.3 is 0 Å². The van der Waals surface area contributed by atoms with E-state index in [0.717, 1.165) is 40.2 Å². The predicted molar refractivity (Wildman–Crippen MR) is 161 cm³/mol. The Labute approximate surface area is 234 Å². The summed E-state index contributed by atoms with van der Waals surface area (Å²) in [5.41, 5.74) is 4.48. The minimum atomic E-state index is -0.188. The zero-order valence-corrected chi connectivity index (χ0v) is 22.9. The van der Waals surface area contributed by atoms with Gasteiger partial charge in [-0.15, -0.1) is 16.9 Å². The molecule has 0 fully saturated rings. The molecule has 0 radical (unpaired) electrons. The van der Waals surface area contributed by atoms with E-state index < -0.39 is 0 Å². The van der Waals surface area contributed by atoms with Crippen LogP contribution in [0, 0.1) is 0 Å². The summed E-state index contributed by atoms with van der Waals surface area (Å²) in [5, 5.41) is 9.34. The fraction of sp³-hybridized carbons (Fsp3) is 0.0968. The van der Waals surface area contributed by atoms with Gasteiger partial charge in [0.1, 0.15) is 0 Å². The van der Waals surface area contributed by atoms with Crippen molar-refractivity contribution in [2.24, 2.45) is 0 Å². The van der Waals surface area contributed by atoms with E-state index in [2.05, 4.69) is 41.3 Å². The smallest absolute Gasteiger partial charge is 0.266 e. The van der Waals surface area contributed by atoms with Crippen molar-refractivity contribution in [1.29, 1.82) is 0 Å². The SMILES string of the molecule is CCCSc1ccc(-c2nn(-c3ccccc3)cc2/C=c2\sc3nc(/C=C/c4ccccc4)nn3c2=O)cc1. The lowest BCUT2D eigenvalue weighted by atomic mass is 10.1. The molecule has 3 aromatic heterocycles. The zero-order chi connectivity index (χ0) is 26.6. The first-order valence-electron chi connectivity index (χ1n) is 12.7. The molecule has 6 aromatic rings. The number of aromatic nitrogens is 5. The number of rotatable bonds is 8. The Morgan fingerprint density at radius 2 is 1.64 bits per heavy atom. The topological polar surface area (TPSA) is 65.1 Å². The number of thiazole rings is 1. The van der Waals surface area contributed by atoms with Gasteiger partial charge in [0.05, 0.1) is 15.9 Å². The third-order valence-corrected chi connectivity index (χ3v) is 8.25. The maximum Gasteiger partial charge on any atom is 0.291 e. The first kappa shape index (κ1) is 25.0. The lowest BCUT2D eigenvalue weighted by Crippen LogP contribution is -2.23. The third kappa shape index (κ3) is 5.48. The van der Waals surface area contributed by atoms with Gasteiger partial charge in [-0.3, -0.25) is 4.79 Å². The molecule has 0 atom stereocenters. The Morgan fingerprint density at radius 1 is 0.897 bits per heavy atom. The van der Waals surface area contributed by atoms with Crippen LogP contribution in [0.3, 0.4) is 0 Å². The molecule has 0 spiro atoms. The number of hydrogen-bond acceptors (Lipinski definition) is 6. The van der Waals surface area contributed by atoms with Crippen LogP contribution < -0.4 is 10.1 Å². The number of hydrogen-bond donors (Lipinski definition) is 0. The molecular formula is C31H25N5OS2. The van der Waals surface area contributed by atoms with Crippen molar-refractivity contribution in [2.75, 3.05) is 5.75 Å². The van der Waals surface area contributed by atoms with E-state index in [1.165, 1.54) is 20.7 Å². The largest absolute Gasteiger partial charge is 0.291 e. The summed E-state index contributed by atoms with van der Waals surface area (Å²) < 4.78 is 3.80. The van der Waals surface area contributed by atoms with Gasteiger partial charge < -0.3 is 0 Å². The van der Waals surface area contributed by atoms with Gasteiger partial charge in [0.2, 0.25) is 4.96 Å². The molecule has 0 saturated heterocycles. The molecule has 0 bridgehead atoms. The minimum Gasteiger partial charge on any atom is -0.266 e. The molecule has 0 unspecified atom stereocenters. The molecule has 0 aliphatic rings. The molecular weight excluding hydrogens is 523 g/mol. The summed E-state index contributed by atoms with van der Waals surface area (Å²) in [6, 6.07) is 28.4. The van der Waals surface area contributed by atoms with Crippen molar-refractivity contribution >= 4 is 46.3 Å². The predicted octanol–water partition coefficient (Wildman–Crippen LogP) is 6.22. The highest BCUT2D eigenvalue weighted by Crippen LogP contribution is 2.27. The van der Waals surface area contributed by atoms with E-state index in [-0.39, 0.29) is 5.56 Å². The van der Waals surface area contributed by atoms with E-state index in [1.54, 1.807) is 0 Å². The summed E-state index contributed by atoms with van der Waals surface area (Å²) in [5.74, 6) is 1.60. The Balaban J connectivity index is 1.39. The van der Waals surface area contributed by atoms with Crippen LogP contribution in [0.5, 0.6) is 0 Å². The minimum absolute atomic E-state index is 0.188. The van der Waals surface area contributed by atoms with Crippen LogP contribution in [0.15, 0.2) is 101 Å². The molecule has 0 aliphatic heterocycles. The van der Waals surface area contributed by atoms with E-state index in [4.69, 9.17) is 5.10 Å². The second-order valence-electron chi connectivity index (χ2n) is 8.91. The Hall–Kier alpha value is -4.27. The van der Waals surface area contributed by atoms with Crippen molar-refractivity contribution in [3.8, 4) is 16.9 Å². The number of nitrogens with zero attached hydrogens (tertiary/aromatic N) is 5. The van der Waals surface area contributed by atoms with Gasteiger partial charge in [-0.2, -0.15) is 14.6 Å². The fourth-order valence-corrected chi connectivity index (χ4v) is 5.83. The van der Waals surface area contributed by atoms with Crippen molar-refractivity contribution in [1.82, 2.24) is 24.4 Å². The van der Waals surface area contributed by atoms with Crippen molar-refractivity contribution in [3.63, 3.8) is 0 Å². The molecule has 6 rings (SSSR count). The average molecular weight is 548 g/mol. The number of fused-ring (bicyclic) bond motifs is 1. The van der Waals surface area contributed by atoms with E-state index >= 15 is 0 Å². The highest BCUT2D eigenvalue weighted by Gasteiger charge is 2.14.